The van der Waals surface area contributed by atoms with E-state index in [9.17, 15) is 0 Å². The third-order valence-corrected chi connectivity index (χ3v) is 3.36. The van der Waals surface area contributed by atoms with Gasteiger partial charge < -0.3 is 5.73 Å². The zero-order chi connectivity index (χ0) is 12.3. The first-order valence-corrected chi connectivity index (χ1v) is 6.76. The van der Waals surface area contributed by atoms with Crippen molar-refractivity contribution in [2.45, 2.75) is 18.5 Å². The van der Waals surface area contributed by atoms with Gasteiger partial charge in [-0.25, -0.2) is 4.68 Å². The molecule has 0 atom stereocenters. The van der Waals surface area contributed by atoms with Crippen LogP contribution in [0.25, 0.3) is 0 Å². The Morgan fingerprint density at radius 2 is 2.06 bits per heavy atom. The molecule has 1 aromatic carbocycles. The molecule has 2 N–H and O–H groups in total. The van der Waals surface area contributed by atoms with Crippen LogP contribution >= 0.6 is 23.4 Å². The van der Waals surface area contributed by atoms with Gasteiger partial charge in [-0.3, -0.25) is 0 Å². The molecule has 0 fully saturated rings. The number of nitrogen functional groups attached to an aromatic ring is 1. The molecule has 0 saturated heterocycles. The summed E-state index contributed by atoms with van der Waals surface area (Å²) >= 11 is 7.53. The predicted octanol–water partition coefficient (Wildman–Crippen LogP) is 3.28. The Labute approximate surface area is 110 Å². The maximum atomic E-state index is 5.91. The summed E-state index contributed by atoms with van der Waals surface area (Å²) in [6.07, 6.45) is 0. The summed E-state index contributed by atoms with van der Waals surface area (Å²) in [6, 6.07) is 9.62. The summed E-state index contributed by atoms with van der Waals surface area (Å²) in [6.45, 7) is 2.77. The van der Waals surface area contributed by atoms with E-state index in [1.807, 2.05) is 30.3 Å². The number of rotatable bonds is 4. The maximum Gasteiger partial charge on any atom is 0.123 e. The largest absolute Gasteiger partial charge is 0.384 e. The van der Waals surface area contributed by atoms with E-state index < -0.39 is 0 Å². The number of thioether (sulfide) groups is 1. The van der Waals surface area contributed by atoms with Gasteiger partial charge >= 0.3 is 0 Å². The van der Waals surface area contributed by atoms with E-state index in [0.717, 1.165) is 21.4 Å². The normalized spacial score (nSPS) is 10.7. The van der Waals surface area contributed by atoms with E-state index in [0.29, 0.717) is 12.4 Å². The van der Waals surface area contributed by atoms with E-state index in [2.05, 4.69) is 12.0 Å². The molecule has 1 aromatic heterocycles. The highest BCUT2D eigenvalue weighted by atomic mass is 35.5. The average Bonchev–Trinajstić information content (AvgIpc) is 2.63. The second kappa shape index (κ2) is 5.47. The molecular weight excluding hydrogens is 254 g/mol. The fourth-order valence-electron chi connectivity index (χ4n) is 1.51. The Hall–Kier alpha value is -1.13. The van der Waals surface area contributed by atoms with Crippen molar-refractivity contribution in [3.8, 4) is 0 Å². The molecule has 0 amide bonds. The average molecular weight is 268 g/mol. The zero-order valence-electron chi connectivity index (χ0n) is 9.56. The van der Waals surface area contributed by atoms with Gasteiger partial charge in [-0.05, 0) is 23.4 Å². The summed E-state index contributed by atoms with van der Waals surface area (Å²) in [4.78, 5) is 0. The molecule has 0 unspecified atom stereocenters. The van der Waals surface area contributed by atoms with Crippen molar-refractivity contribution in [2.75, 3.05) is 11.5 Å². The topological polar surface area (TPSA) is 43.8 Å². The van der Waals surface area contributed by atoms with Crippen LogP contribution in [0, 0.1) is 0 Å². The van der Waals surface area contributed by atoms with E-state index in [-0.39, 0.29) is 0 Å². The summed E-state index contributed by atoms with van der Waals surface area (Å²) in [7, 11) is 0. The van der Waals surface area contributed by atoms with Crippen molar-refractivity contribution < 1.29 is 0 Å². The lowest BCUT2D eigenvalue weighted by Gasteiger charge is -2.04. The van der Waals surface area contributed by atoms with Gasteiger partial charge in [0.15, 0.2) is 0 Å². The lowest BCUT2D eigenvalue weighted by molar-refractivity contribution is 0.675. The van der Waals surface area contributed by atoms with Crippen molar-refractivity contribution in [1.82, 2.24) is 9.78 Å². The molecule has 0 radical (unpaired) electrons. The second-order valence-electron chi connectivity index (χ2n) is 3.62. The van der Waals surface area contributed by atoms with Crippen molar-refractivity contribution in [2.24, 2.45) is 0 Å². The molecular formula is C12H14ClN3S. The van der Waals surface area contributed by atoms with Crippen LogP contribution < -0.4 is 5.73 Å². The van der Waals surface area contributed by atoms with Gasteiger partial charge in [0.05, 0.1) is 6.54 Å². The number of nitrogens with zero attached hydrogens (tertiary/aromatic N) is 2. The molecule has 0 saturated carbocycles. The van der Waals surface area contributed by atoms with Crippen LogP contribution in [0.5, 0.6) is 0 Å². The summed E-state index contributed by atoms with van der Waals surface area (Å²) in [5, 5.41) is 6.15. The Morgan fingerprint density at radius 1 is 1.35 bits per heavy atom. The number of aromatic nitrogens is 2. The third-order valence-electron chi connectivity index (χ3n) is 2.33. The standard InChI is InChI=1S/C12H14ClN3S/c1-2-17-12-7-11(14)16(15-12)8-9-3-5-10(13)6-4-9/h3-7H,2,8,14H2,1H3. The van der Waals surface area contributed by atoms with Gasteiger partial charge in [0.1, 0.15) is 10.8 Å². The maximum absolute atomic E-state index is 5.91. The van der Waals surface area contributed by atoms with Gasteiger partial charge in [0, 0.05) is 11.1 Å². The highest BCUT2D eigenvalue weighted by molar-refractivity contribution is 7.99. The van der Waals surface area contributed by atoms with E-state index in [1.54, 1.807) is 16.4 Å². The van der Waals surface area contributed by atoms with Gasteiger partial charge in [-0.15, -0.1) is 11.8 Å². The number of hydrogen-bond acceptors (Lipinski definition) is 3. The molecule has 0 aliphatic carbocycles. The van der Waals surface area contributed by atoms with Crippen LogP contribution in [-0.2, 0) is 6.54 Å². The van der Waals surface area contributed by atoms with Crippen molar-refractivity contribution in [1.29, 1.82) is 0 Å². The first kappa shape index (κ1) is 12.3. The van der Waals surface area contributed by atoms with Crippen LogP contribution in [0.15, 0.2) is 35.4 Å². The summed E-state index contributed by atoms with van der Waals surface area (Å²) in [5.74, 6) is 1.69. The number of hydrogen-bond donors (Lipinski definition) is 1. The fourth-order valence-corrected chi connectivity index (χ4v) is 2.30. The third kappa shape index (κ3) is 3.17. The van der Waals surface area contributed by atoms with Crippen LogP contribution in [-0.4, -0.2) is 15.5 Å². The quantitative estimate of drug-likeness (QED) is 0.865. The number of anilines is 1. The minimum atomic E-state index is 0.674. The molecule has 0 aliphatic rings. The minimum Gasteiger partial charge on any atom is -0.384 e. The molecule has 5 heteroatoms. The molecule has 2 rings (SSSR count). The van der Waals surface area contributed by atoms with E-state index in [1.165, 1.54) is 0 Å². The first-order valence-electron chi connectivity index (χ1n) is 5.39. The highest BCUT2D eigenvalue weighted by Gasteiger charge is 2.05. The first-order chi connectivity index (χ1) is 8.19. The molecule has 90 valence electrons. The van der Waals surface area contributed by atoms with Crippen LogP contribution in [0.4, 0.5) is 5.82 Å². The van der Waals surface area contributed by atoms with Crippen molar-refractivity contribution in [3.63, 3.8) is 0 Å². The predicted molar refractivity (Wildman–Crippen MR) is 73.6 cm³/mol. The summed E-state index contributed by atoms with van der Waals surface area (Å²) < 4.78 is 1.81. The molecule has 1 heterocycles. The molecule has 2 aromatic rings. The highest BCUT2D eigenvalue weighted by Crippen LogP contribution is 2.19. The fraction of sp³-hybridized carbons (Fsp3) is 0.250. The monoisotopic (exact) mass is 267 g/mol. The lowest BCUT2D eigenvalue weighted by atomic mass is 10.2. The minimum absolute atomic E-state index is 0.674. The van der Waals surface area contributed by atoms with E-state index in [4.69, 9.17) is 17.3 Å². The van der Waals surface area contributed by atoms with Gasteiger partial charge in [0.25, 0.3) is 0 Å². The summed E-state index contributed by atoms with van der Waals surface area (Å²) in [5.41, 5.74) is 7.05. The molecule has 0 bridgehead atoms. The molecule has 0 aliphatic heterocycles. The number of nitrogens with two attached hydrogens (primary N) is 1. The Kier molecular flexibility index (Phi) is 3.97. The van der Waals surface area contributed by atoms with Gasteiger partial charge in [0.2, 0.25) is 0 Å². The SMILES string of the molecule is CCSc1cc(N)n(Cc2ccc(Cl)cc2)n1. The van der Waals surface area contributed by atoms with Crippen LogP contribution in [0.2, 0.25) is 5.02 Å². The zero-order valence-corrected chi connectivity index (χ0v) is 11.1. The van der Waals surface area contributed by atoms with Gasteiger partial charge in [-0.1, -0.05) is 30.7 Å². The smallest absolute Gasteiger partial charge is 0.123 e. The molecule has 0 spiro atoms. The number of benzene rings is 1. The lowest BCUT2D eigenvalue weighted by Crippen LogP contribution is -2.05. The van der Waals surface area contributed by atoms with Crippen LogP contribution in [0.1, 0.15) is 12.5 Å². The second-order valence-corrected chi connectivity index (χ2v) is 5.35. The number of halogens is 1. The Morgan fingerprint density at radius 3 is 2.71 bits per heavy atom. The Balaban J connectivity index is 2.15. The van der Waals surface area contributed by atoms with Crippen molar-refractivity contribution >= 4 is 29.2 Å². The van der Waals surface area contributed by atoms with Crippen molar-refractivity contribution in [3.05, 3.63) is 40.9 Å². The molecule has 3 nitrogen and oxygen atoms in total. The van der Waals surface area contributed by atoms with Gasteiger partial charge in [-0.2, -0.15) is 5.10 Å². The van der Waals surface area contributed by atoms with Crippen LogP contribution in [0.3, 0.4) is 0 Å². The van der Waals surface area contributed by atoms with E-state index >= 15 is 0 Å². The Bertz CT molecular complexity index is 493. The molecule has 17 heavy (non-hydrogen) atoms.